The van der Waals surface area contributed by atoms with Crippen molar-refractivity contribution in [1.29, 1.82) is 5.26 Å². The number of benzene rings is 1. The fraction of sp³-hybridized carbons (Fsp3) is 0.500. The van der Waals surface area contributed by atoms with Gasteiger partial charge in [-0.25, -0.2) is 0 Å². The van der Waals surface area contributed by atoms with Crippen LogP contribution < -0.4 is 10.6 Å². The highest BCUT2D eigenvalue weighted by Gasteiger charge is 2.20. The van der Waals surface area contributed by atoms with Gasteiger partial charge in [-0.05, 0) is 36.6 Å². The van der Waals surface area contributed by atoms with E-state index in [1.807, 2.05) is 18.2 Å². The predicted octanol–water partition coefficient (Wildman–Crippen LogP) is 1.95. The molecule has 1 unspecified atom stereocenters. The molecule has 1 aliphatic heterocycles. The van der Waals surface area contributed by atoms with Gasteiger partial charge in [0.1, 0.15) is 0 Å². The Kier molecular flexibility index (Phi) is 4.06. The number of piperidine rings is 1. The van der Waals surface area contributed by atoms with Crippen LogP contribution in [0.5, 0.6) is 0 Å². The van der Waals surface area contributed by atoms with Gasteiger partial charge in [-0.3, -0.25) is 0 Å². The highest BCUT2D eigenvalue weighted by Crippen LogP contribution is 2.25. The van der Waals surface area contributed by atoms with Crippen molar-refractivity contribution in [3.05, 3.63) is 23.8 Å². The molecule has 1 saturated heterocycles. The molecule has 1 aliphatic rings. The van der Waals surface area contributed by atoms with E-state index in [1.165, 1.54) is 0 Å². The summed E-state index contributed by atoms with van der Waals surface area (Å²) in [6.07, 6.45) is 2.92. The summed E-state index contributed by atoms with van der Waals surface area (Å²) in [4.78, 5) is 2.30. The van der Waals surface area contributed by atoms with Gasteiger partial charge in [0.05, 0.1) is 18.6 Å². The number of hydrogen-bond donors (Lipinski definition) is 1. The highest BCUT2D eigenvalue weighted by molar-refractivity contribution is 5.59. The number of nitrogen functional groups attached to an aromatic ring is 1. The third-order valence-corrected chi connectivity index (χ3v) is 3.47. The average Bonchev–Trinajstić information content (AvgIpc) is 2.41. The van der Waals surface area contributed by atoms with Crippen LogP contribution in [0.1, 0.15) is 18.4 Å². The number of nitrogens with two attached hydrogens (primary N) is 1. The molecule has 0 aromatic heterocycles. The van der Waals surface area contributed by atoms with Crippen molar-refractivity contribution in [3.8, 4) is 6.07 Å². The monoisotopic (exact) mass is 245 g/mol. The van der Waals surface area contributed by atoms with E-state index < -0.39 is 0 Å². The van der Waals surface area contributed by atoms with Crippen molar-refractivity contribution in [2.75, 3.05) is 30.8 Å². The van der Waals surface area contributed by atoms with E-state index >= 15 is 0 Å². The first-order chi connectivity index (χ1) is 8.74. The van der Waals surface area contributed by atoms with Crippen LogP contribution >= 0.6 is 0 Å². The molecule has 2 rings (SSSR count). The second-order valence-electron chi connectivity index (χ2n) is 4.66. The van der Waals surface area contributed by atoms with Gasteiger partial charge in [0.25, 0.3) is 0 Å². The van der Waals surface area contributed by atoms with E-state index in [2.05, 4.69) is 11.0 Å². The van der Waals surface area contributed by atoms with Crippen LogP contribution in [0, 0.1) is 11.3 Å². The van der Waals surface area contributed by atoms with E-state index in [1.54, 1.807) is 7.11 Å². The van der Waals surface area contributed by atoms with Gasteiger partial charge in [-0.1, -0.05) is 0 Å². The molecule has 0 radical (unpaired) electrons. The number of ether oxygens (including phenoxy) is 1. The molecule has 1 aromatic rings. The zero-order chi connectivity index (χ0) is 13.0. The first-order valence-electron chi connectivity index (χ1n) is 6.27. The van der Waals surface area contributed by atoms with Crippen LogP contribution in [0.2, 0.25) is 0 Å². The van der Waals surface area contributed by atoms with Gasteiger partial charge in [0.2, 0.25) is 0 Å². The van der Waals surface area contributed by atoms with E-state index in [9.17, 15) is 0 Å². The first kappa shape index (κ1) is 12.7. The van der Waals surface area contributed by atoms with E-state index in [0.29, 0.717) is 18.2 Å². The van der Waals surface area contributed by atoms with Crippen LogP contribution in [-0.4, -0.2) is 26.3 Å². The Bertz CT molecular complexity index is 453. The van der Waals surface area contributed by atoms with Crippen molar-refractivity contribution in [3.63, 3.8) is 0 Å². The number of methoxy groups -OCH3 is 1. The molecule has 4 heteroatoms. The van der Waals surface area contributed by atoms with Crippen molar-refractivity contribution in [2.24, 2.45) is 0 Å². The molecule has 1 aromatic carbocycles. The number of anilines is 2. The summed E-state index contributed by atoms with van der Waals surface area (Å²) >= 11 is 0. The van der Waals surface area contributed by atoms with Crippen molar-refractivity contribution in [2.45, 2.75) is 25.4 Å². The Labute approximate surface area is 108 Å². The van der Waals surface area contributed by atoms with Gasteiger partial charge in [0.15, 0.2) is 0 Å². The summed E-state index contributed by atoms with van der Waals surface area (Å²) in [6, 6.07) is 8.09. The highest BCUT2D eigenvalue weighted by atomic mass is 16.5. The van der Waals surface area contributed by atoms with Crippen LogP contribution in [-0.2, 0) is 11.2 Å². The Morgan fingerprint density at radius 3 is 3.11 bits per heavy atom. The summed E-state index contributed by atoms with van der Waals surface area (Å²) in [5.41, 5.74) is 8.61. The van der Waals surface area contributed by atoms with Crippen LogP contribution in [0.3, 0.4) is 0 Å². The molecule has 0 aliphatic carbocycles. The minimum Gasteiger partial charge on any atom is -0.398 e. The second kappa shape index (κ2) is 5.74. The Hall–Kier alpha value is -1.73. The quantitative estimate of drug-likeness (QED) is 0.827. The number of hydrogen-bond acceptors (Lipinski definition) is 4. The molecule has 1 atom stereocenters. The number of nitrogens with zero attached hydrogens (tertiary/aromatic N) is 2. The number of rotatable bonds is 3. The largest absolute Gasteiger partial charge is 0.398 e. The maximum atomic E-state index is 8.79. The van der Waals surface area contributed by atoms with Gasteiger partial charge in [-0.15, -0.1) is 0 Å². The Balaban J connectivity index is 2.17. The maximum Gasteiger partial charge on any atom is 0.0746 e. The smallest absolute Gasteiger partial charge is 0.0746 e. The summed E-state index contributed by atoms with van der Waals surface area (Å²) in [5.74, 6) is 0. The first-order valence-corrected chi connectivity index (χ1v) is 6.27. The normalized spacial score (nSPS) is 19.6. The lowest BCUT2D eigenvalue weighted by molar-refractivity contribution is 0.0893. The SMILES string of the molecule is COC1CCCN(c2ccc(N)c(CC#N)c2)C1. The molecule has 0 spiro atoms. The van der Waals surface area contributed by atoms with E-state index in [0.717, 1.165) is 37.2 Å². The van der Waals surface area contributed by atoms with E-state index in [-0.39, 0.29) is 0 Å². The molecule has 96 valence electrons. The standard InChI is InChI=1S/C14H19N3O/c1-18-13-3-2-8-17(10-13)12-4-5-14(16)11(9-12)6-7-15/h4-5,9,13H,2-3,6,8,10,16H2,1H3. The fourth-order valence-electron chi connectivity index (χ4n) is 2.39. The fourth-order valence-corrected chi connectivity index (χ4v) is 2.39. The zero-order valence-electron chi connectivity index (χ0n) is 10.7. The number of nitriles is 1. The second-order valence-corrected chi connectivity index (χ2v) is 4.66. The molecule has 0 amide bonds. The summed E-state index contributed by atoms with van der Waals surface area (Å²) in [7, 11) is 1.76. The minimum absolute atomic E-state index is 0.302. The molecule has 0 bridgehead atoms. The van der Waals surface area contributed by atoms with Gasteiger partial charge in [0, 0.05) is 31.6 Å². The Morgan fingerprint density at radius 1 is 1.56 bits per heavy atom. The van der Waals surface area contributed by atoms with Crippen LogP contribution in [0.4, 0.5) is 11.4 Å². The lowest BCUT2D eigenvalue weighted by Crippen LogP contribution is -2.39. The van der Waals surface area contributed by atoms with Crippen molar-refractivity contribution >= 4 is 11.4 Å². The van der Waals surface area contributed by atoms with Gasteiger partial charge in [-0.2, -0.15) is 5.26 Å². The molecule has 0 saturated carbocycles. The summed E-state index contributed by atoms with van der Waals surface area (Å²) in [6.45, 7) is 1.95. The van der Waals surface area contributed by atoms with Crippen LogP contribution in [0.25, 0.3) is 0 Å². The summed E-state index contributed by atoms with van der Waals surface area (Å²) in [5, 5.41) is 8.79. The lowest BCUT2D eigenvalue weighted by atomic mass is 10.0. The van der Waals surface area contributed by atoms with Crippen molar-refractivity contribution < 1.29 is 4.74 Å². The molecular weight excluding hydrogens is 226 g/mol. The lowest BCUT2D eigenvalue weighted by Gasteiger charge is -2.34. The van der Waals surface area contributed by atoms with Crippen LogP contribution in [0.15, 0.2) is 18.2 Å². The van der Waals surface area contributed by atoms with Crippen molar-refractivity contribution in [1.82, 2.24) is 0 Å². The molecule has 4 nitrogen and oxygen atoms in total. The maximum absolute atomic E-state index is 8.79. The Morgan fingerprint density at radius 2 is 2.39 bits per heavy atom. The average molecular weight is 245 g/mol. The molecule has 1 heterocycles. The molecule has 2 N–H and O–H groups in total. The molecule has 1 fully saturated rings. The topological polar surface area (TPSA) is 62.3 Å². The molecular formula is C14H19N3O. The third kappa shape index (κ3) is 2.74. The van der Waals surface area contributed by atoms with Gasteiger partial charge < -0.3 is 15.4 Å². The van der Waals surface area contributed by atoms with E-state index in [4.69, 9.17) is 15.7 Å². The van der Waals surface area contributed by atoms with Gasteiger partial charge >= 0.3 is 0 Å². The molecule has 18 heavy (non-hydrogen) atoms. The predicted molar refractivity (Wildman–Crippen MR) is 72.4 cm³/mol. The zero-order valence-corrected chi connectivity index (χ0v) is 10.7. The summed E-state index contributed by atoms with van der Waals surface area (Å²) < 4.78 is 5.43. The minimum atomic E-state index is 0.302. The third-order valence-electron chi connectivity index (χ3n) is 3.47.